The maximum atomic E-state index is 11.6. The number of rotatable bonds is 9. The number of amidine groups is 1. The fourth-order valence-electron chi connectivity index (χ4n) is 1.85. The molecule has 0 saturated carbocycles. The van der Waals surface area contributed by atoms with Crippen molar-refractivity contribution in [2.45, 2.75) is 64.0 Å². The van der Waals surface area contributed by atoms with Crippen LogP contribution >= 0.6 is 11.8 Å². The molecular formula is C14H23N3O3S. The Morgan fingerprint density at radius 3 is 2.43 bits per heavy atom. The summed E-state index contributed by atoms with van der Waals surface area (Å²) in [5.41, 5.74) is 1.04. The molecule has 21 heavy (non-hydrogen) atoms. The summed E-state index contributed by atoms with van der Waals surface area (Å²) in [5.74, 6) is -1.29. The SMILES string of the molecule is CCCCC(CCCC)=N/N=C1/NC(=O)[C@H](CC(=O)O)S1. The number of unbranched alkanes of at least 4 members (excludes halogenated alkanes) is 2. The van der Waals surface area contributed by atoms with E-state index in [9.17, 15) is 9.59 Å². The van der Waals surface area contributed by atoms with Crippen molar-refractivity contribution in [2.75, 3.05) is 0 Å². The molecule has 1 saturated heterocycles. The zero-order chi connectivity index (χ0) is 15.7. The standard InChI is InChI=1S/C14H23N3O3S/c1-3-5-7-10(8-6-4-2)16-17-14-15-13(20)11(21-14)9-12(18)19/h11H,3-9H2,1-2H3,(H,18,19)(H,15,17,20)/t11-/m0/s1. The quantitative estimate of drug-likeness (QED) is 0.506. The van der Waals surface area contributed by atoms with Gasteiger partial charge in [-0.25, -0.2) is 0 Å². The molecule has 1 atom stereocenters. The number of aliphatic carboxylic acids is 1. The van der Waals surface area contributed by atoms with E-state index in [0.29, 0.717) is 5.17 Å². The molecule has 1 heterocycles. The van der Waals surface area contributed by atoms with Gasteiger partial charge in [-0.05, 0) is 25.7 Å². The minimum Gasteiger partial charge on any atom is -0.481 e. The summed E-state index contributed by atoms with van der Waals surface area (Å²) in [6.45, 7) is 4.26. The lowest BCUT2D eigenvalue weighted by Gasteiger charge is -2.03. The highest BCUT2D eigenvalue weighted by molar-refractivity contribution is 8.15. The number of hydrogen-bond acceptors (Lipinski definition) is 5. The predicted octanol–water partition coefficient (Wildman–Crippen LogP) is 2.79. The van der Waals surface area contributed by atoms with E-state index in [4.69, 9.17) is 5.11 Å². The Morgan fingerprint density at radius 1 is 1.29 bits per heavy atom. The summed E-state index contributed by atoms with van der Waals surface area (Å²) in [7, 11) is 0. The Bertz CT molecular complexity index is 425. The molecule has 1 aliphatic heterocycles. The van der Waals surface area contributed by atoms with Crippen molar-refractivity contribution in [1.82, 2.24) is 5.32 Å². The molecule has 1 rings (SSSR count). The van der Waals surface area contributed by atoms with E-state index in [1.165, 1.54) is 0 Å². The van der Waals surface area contributed by atoms with Crippen LogP contribution in [-0.2, 0) is 9.59 Å². The number of nitrogens with one attached hydrogen (secondary N) is 1. The molecule has 1 amide bonds. The first-order valence-electron chi connectivity index (χ1n) is 7.39. The minimum atomic E-state index is -0.987. The normalized spacial score (nSPS) is 19.6. The lowest BCUT2D eigenvalue weighted by Crippen LogP contribution is -2.26. The maximum absolute atomic E-state index is 11.6. The number of nitrogens with zero attached hydrogens (tertiary/aromatic N) is 2. The van der Waals surface area contributed by atoms with Gasteiger partial charge >= 0.3 is 5.97 Å². The average Bonchev–Trinajstić information content (AvgIpc) is 2.77. The molecule has 7 heteroatoms. The van der Waals surface area contributed by atoms with E-state index in [1.54, 1.807) is 0 Å². The van der Waals surface area contributed by atoms with Crippen molar-refractivity contribution >= 4 is 34.5 Å². The van der Waals surface area contributed by atoms with Crippen molar-refractivity contribution < 1.29 is 14.7 Å². The van der Waals surface area contributed by atoms with Crippen LogP contribution in [0.2, 0.25) is 0 Å². The summed E-state index contributed by atoms with van der Waals surface area (Å²) in [6, 6.07) is 0. The van der Waals surface area contributed by atoms with Crippen LogP contribution in [0.25, 0.3) is 0 Å². The van der Waals surface area contributed by atoms with E-state index in [1.807, 2.05) is 0 Å². The molecule has 1 fully saturated rings. The van der Waals surface area contributed by atoms with E-state index >= 15 is 0 Å². The highest BCUT2D eigenvalue weighted by Crippen LogP contribution is 2.22. The van der Waals surface area contributed by atoms with Gasteiger partial charge in [-0.3, -0.25) is 9.59 Å². The summed E-state index contributed by atoms with van der Waals surface area (Å²) < 4.78 is 0. The Balaban J connectivity index is 2.64. The van der Waals surface area contributed by atoms with Gasteiger partial charge in [0, 0.05) is 5.71 Å². The van der Waals surface area contributed by atoms with Crippen LogP contribution in [0.1, 0.15) is 58.8 Å². The van der Waals surface area contributed by atoms with E-state index < -0.39 is 11.2 Å². The number of amides is 1. The van der Waals surface area contributed by atoms with Crippen LogP contribution in [0.15, 0.2) is 10.2 Å². The molecule has 2 N–H and O–H groups in total. The van der Waals surface area contributed by atoms with Crippen LogP contribution in [0, 0.1) is 0 Å². The summed E-state index contributed by atoms with van der Waals surface area (Å²) >= 11 is 1.14. The predicted molar refractivity (Wildman–Crippen MR) is 85.7 cm³/mol. The van der Waals surface area contributed by atoms with Gasteiger partial charge in [-0.1, -0.05) is 38.5 Å². The van der Waals surface area contributed by atoms with E-state index in [2.05, 4.69) is 29.4 Å². The Kier molecular flexibility index (Phi) is 8.04. The van der Waals surface area contributed by atoms with Gasteiger partial charge in [0.05, 0.1) is 6.42 Å². The molecule has 0 unspecified atom stereocenters. The first kappa shape index (κ1) is 17.7. The van der Waals surface area contributed by atoms with Gasteiger partial charge in [0.15, 0.2) is 5.17 Å². The summed E-state index contributed by atoms with van der Waals surface area (Å²) in [6.07, 6.45) is 6.01. The smallest absolute Gasteiger partial charge is 0.305 e. The molecule has 1 aliphatic rings. The van der Waals surface area contributed by atoms with Crippen molar-refractivity contribution in [2.24, 2.45) is 10.2 Å². The number of carbonyl (C=O) groups is 2. The second-order valence-corrected chi connectivity index (χ2v) is 6.16. The second-order valence-electron chi connectivity index (χ2n) is 4.97. The number of carboxylic acids is 1. The van der Waals surface area contributed by atoms with Crippen LogP contribution in [0.4, 0.5) is 0 Å². The lowest BCUT2D eigenvalue weighted by atomic mass is 10.1. The third kappa shape index (κ3) is 6.75. The highest BCUT2D eigenvalue weighted by Gasteiger charge is 2.32. The van der Waals surface area contributed by atoms with Crippen LogP contribution in [-0.4, -0.2) is 33.1 Å². The maximum Gasteiger partial charge on any atom is 0.305 e. The number of hydrogen-bond donors (Lipinski definition) is 2. The molecular weight excluding hydrogens is 290 g/mol. The molecule has 0 aromatic carbocycles. The molecule has 0 bridgehead atoms. The molecule has 0 radical (unpaired) electrons. The third-order valence-electron chi connectivity index (χ3n) is 3.06. The molecule has 0 aromatic rings. The lowest BCUT2D eigenvalue weighted by molar-refractivity contribution is -0.138. The van der Waals surface area contributed by atoms with Gasteiger partial charge in [0.2, 0.25) is 5.91 Å². The number of carboxylic acid groups (broad SMARTS) is 1. The van der Waals surface area contributed by atoms with E-state index in [0.717, 1.165) is 56.0 Å². The molecule has 6 nitrogen and oxygen atoms in total. The summed E-state index contributed by atoms with van der Waals surface area (Å²) in [5, 5.41) is 19.4. The first-order valence-corrected chi connectivity index (χ1v) is 8.27. The topological polar surface area (TPSA) is 91.1 Å². The van der Waals surface area contributed by atoms with Crippen LogP contribution < -0.4 is 5.32 Å². The second kappa shape index (κ2) is 9.55. The average molecular weight is 313 g/mol. The fourth-order valence-corrected chi connectivity index (χ4v) is 2.76. The largest absolute Gasteiger partial charge is 0.481 e. The zero-order valence-corrected chi connectivity index (χ0v) is 13.4. The monoisotopic (exact) mass is 313 g/mol. The first-order chi connectivity index (χ1) is 10.1. The summed E-state index contributed by atoms with van der Waals surface area (Å²) in [4.78, 5) is 22.2. The minimum absolute atomic E-state index is 0.197. The van der Waals surface area contributed by atoms with Crippen LogP contribution in [0.3, 0.4) is 0 Å². The van der Waals surface area contributed by atoms with Gasteiger partial charge in [0.1, 0.15) is 5.25 Å². The zero-order valence-electron chi connectivity index (χ0n) is 12.6. The number of carbonyl (C=O) groups excluding carboxylic acids is 1. The Morgan fingerprint density at radius 2 is 1.90 bits per heavy atom. The van der Waals surface area contributed by atoms with Gasteiger partial charge in [-0.15, -0.1) is 5.10 Å². The molecule has 118 valence electrons. The van der Waals surface area contributed by atoms with E-state index in [-0.39, 0.29) is 12.3 Å². The molecule has 0 spiro atoms. The van der Waals surface area contributed by atoms with Crippen molar-refractivity contribution in [3.05, 3.63) is 0 Å². The highest BCUT2D eigenvalue weighted by atomic mass is 32.2. The molecule has 0 aliphatic carbocycles. The van der Waals surface area contributed by atoms with Crippen molar-refractivity contribution in [3.8, 4) is 0 Å². The fraction of sp³-hybridized carbons (Fsp3) is 0.714. The van der Waals surface area contributed by atoms with Gasteiger partial charge < -0.3 is 10.4 Å². The van der Waals surface area contributed by atoms with Crippen LogP contribution in [0.5, 0.6) is 0 Å². The van der Waals surface area contributed by atoms with Crippen molar-refractivity contribution in [1.29, 1.82) is 0 Å². The Labute approximate surface area is 129 Å². The Hall–Kier alpha value is -1.37. The van der Waals surface area contributed by atoms with Crippen molar-refractivity contribution in [3.63, 3.8) is 0 Å². The molecule has 0 aromatic heterocycles. The van der Waals surface area contributed by atoms with Gasteiger partial charge in [0.25, 0.3) is 0 Å². The third-order valence-corrected chi connectivity index (χ3v) is 4.13. The number of thioether (sulfide) groups is 1. The van der Waals surface area contributed by atoms with Gasteiger partial charge in [-0.2, -0.15) is 5.10 Å².